The predicted molar refractivity (Wildman–Crippen MR) is 270 cm³/mol. The first-order valence-electron chi connectivity index (χ1n) is 28.4. The van der Waals surface area contributed by atoms with Crippen LogP contribution in [0.1, 0.15) is 323 Å². The van der Waals surface area contributed by atoms with Crippen molar-refractivity contribution in [1.82, 2.24) is 0 Å². The molecule has 0 aliphatic rings. The first kappa shape index (κ1) is 61.4. The van der Waals surface area contributed by atoms with Crippen molar-refractivity contribution in [2.45, 2.75) is 329 Å². The van der Waals surface area contributed by atoms with E-state index in [0.717, 1.165) is 63.7 Å². The van der Waals surface area contributed by atoms with Gasteiger partial charge >= 0.3 is 17.9 Å². The van der Waals surface area contributed by atoms with Gasteiger partial charge in [-0.05, 0) is 25.2 Å². The number of carbonyl (C=O) groups is 3. The van der Waals surface area contributed by atoms with Crippen LogP contribution >= 0.6 is 0 Å². The average molecular weight is 892 g/mol. The molecule has 0 rings (SSSR count). The maximum Gasteiger partial charge on any atom is 0.306 e. The molecule has 0 saturated heterocycles. The van der Waals surface area contributed by atoms with Crippen LogP contribution in [0.2, 0.25) is 0 Å². The molecule has 0 aromatic heterocycles. The van der Waals surface area contributed by atoms with Crippen LogP contribution in [0.15, 0.2) is 0 Å². The van der Waals surface area contributed by atoms with Gasteiger partial charge in [-0.3, -0.25) is 14.4 Å². The van der Waals surface area contributed by atoms with Crippen LogP contribution in [0.5, 0.6) is 0 Å². The molecule has 0 spiro atoms. The molecule has 0 bridgehead atoms. The van der Waals surface area contributed by atoms with Gasteiger partial charge in [-0.25, -0.2) is 0 Å². The summed E-state index contributed by atoms with van der Waals surface area (Å²) < 4.78 is 16.9. The van der Waals surface area contributed by atoms with Crippen LogP contribution in [0.25, 0.3) is 0 Å². The average Bonchev–Trinajstić information content (AvgIpc) is 3.28. The minimum atomic E-state index is -0.762. The Balaban J connectivity index is 4.25. The molecular formula is C57H110O6. The third kappa shape index (κ3) is 49.7. The van der Waals surface area contributed by atoms with Crippen LogP contribution < -0.4 is 0 Å². The Morgan fingerprint density at radius 1 is 0.317 bits per heavy atom. The highest BCUT2D eigenvalue weighted by atomic mass is 16.6. The van der Waals surface area contributed by atoms with E-state index in [0.29, 0.717) is 19.3 Å². The van der Waals surface area contributed by atoms with Crippen molar-refractivity contribution >= 4 is 17.9 Å². The van der Waals surface area contributed by atoms with Gasteiger partial charge in [0.15, 0.2) is 6.10 Å². The van der Waals surface area contributed by atoms with Gasteiger partial charge in [0.2, 0.25) is 0 Å². The molecule has 0 saturated carbocycles. The van der Waals surface area contributed by atoms with Gasteiger partial charge in [-0.1, -0.05) is 285 Å². The number of hydrogen-bond acceptors (Lipinski definition) is 6. The van der Waals surface area contributed by atoms with E-state index in [1.54, 1.807) is 0 Å². The Hall–Kier alpha value is -1.59. The number of unbranched alkanes of at least 4 members (excludes halogenated alkanes) is 38. The van der Waals surface area contributed by atoms with E-state index in [1.807, 2.05) is 0 Å². The van der Waals surface area contributed by atoms with Crippen molar-refractivity contribution in [3.05, 3.63) is 0 Å². The minimum absolute atomic E-state index is 0.0629. The lowest BCUT2D eigenvalue weighted by Gasteiger charge is -2.18. The molecule has 6 nitrogen and oxygen atoms in total. The van der Waals surface area contributed by atoms with E-state index in [1.165, 1.54) is 218 Å². The number of esters is 3. The van der Waals surface area contributed by atoms with E-state index < -0.39 is 6.10 Å². The Kier molecular flexibility index (Phi) is 50.1. The molecule has 1 unspecified atom stereocenters. The number of carbonyl (C=O) groups excluding carboxylic acids is 3. The van der Waals surface area contributed by atoms with E-state index in [4.69, 9.17) is 14.2 Å². The fraction of sp³-hybridized carbons (Fsp3) is 0.947. The quantitative estimate of drug-likeness (QED) is 0.0344. The first-order chi connectivity index (χ1) is 30.9. The van der Waals surface area contributed by atoms with Crippen LogP contribution in [-0.4, -0.2) is 37.2 Å². The highest BCUT2D eigenvalue weighted by molar-refractivity contribution is 5.71. The van der Waals surface area contributed by atoms with Crippen molar-refractivity contribution < 1.29 is 28.6 Å². The molecule has 2 atom stereocenters. The normalized spacial score (nSPS) is 12.4. The molecule has 0 N–H and O–H groups in total. The summed E-state index contributed by atoms with van der Waals surface area (Å²) in [5, 5.41) is 0. The van der Waals surface area contributed by atoms with Crippen LogP contribution in [0.4, 0.5) is 0 Å². The van der Waals surface area contributed by atoms with Gasteiger partial charge in [-0.15, -0.1) is 0 Å². The molecule has 6 heteroatoms. The van der Waals surface area contributed by atoms with Gasteiger partial charge in [0, 0.05) is 19.3 Å². The SMILES string of the molecule is CCCCCCCCCCCCCCCCCCCCC(=O)O[C@H](COC(=O)CCCCCCCCCCCCCCCCCCC)COC(=O)CCCCCCCCC(C)CC. The highest BCUT2D eigenvalue weighted by Crippen LogP contribution is 2.18. The summed E-state index contributed by atoms with van der Waals surface area (Å²) >= 11 is 0. The third-order valence-electron chi connectivity index (χ3n) is 13.4. The molecule has 0 aliphatic heterocycles. The van der Waals surface area contributed by atoms with Gasteiger partial charge in [-0.2, -0.15) is 0 Å². The second kappa shape index (κ2) is 51.4. The molecule has 0 aromatic carbocycles. The molecular weight excluding hydrogens is 781 g/mol. The fourth-order valence-electron chi connectivity index (χ4n) is 8.72. The van der Waals surface area contributed by atoms with Crippen LogP contribution in [0.3, 0.4) is 0 Å². The molecule has 0 fully saturated rings. The molecule has 374 valence electrons. The van der Waals surface area contributed by atoms with Gasteiger partial charge in [0.1, 0.15) is 13.2 Å². The summed E-state index contributed by atoms with van der Waals surface area (Å²) in [6.45, 7) is 9.02. The zero-order chi connectivity index (χ0) is 45.9. The number of hydrogen-bond donors (Lipinski definition) is 0. The lowest BCUT2D eigenvalue weighted by Crippen LogP contribution is -2.30. The Morgan fingerprint density at radius 2 is 0.556 bits per heavy atom. The number of ether oxygens (including phenoxy) is 3. The predicted octanol–water partition coefficient (Wildman–Crippen LogP) is 18.6. The summed E-state index contributed by atoms with van der Waals surface area (Å²) in [6.07, 6.45) is 55.3. The van der Waals surface area contributed by atoms with Gasteiger partial charge in [0.05, 0.1) is 0 Å². The van der Waals surface area contributed by atoms with E-state index >= 15 is 0 Å². The van der Waals surface area contributed by atoms with Gasteiger partial charge < -0.3 is 14.2 Å². The zero-order valence-corrected chi connectivity index (χ0v) is 43.0. The van der Waals surface area contributed by atoms with Crippen molar-refractivity contribution in [3.8, 4) is 0 Å². The van der Waals surface area contributed by atoms with Gasteiger partial charge in [0.25, 0.3) is 0 Å². The minimum Gasteiger partial charge on any atom is -0.462 e. The summed E-state index contributed by atoms with van der Waals surface area (Å²) in [7, 11) is 0. The van der Waals surface area contributed by atoms with Crippen molar-refractivity contribution in [3.63, 3.8) is 0 Å². The van der Waals surface area contributed by atoms with Crippen LogP contribution in [-0.2, 0) is 28.6 Å². The first-order valence-corrected chi connectivity index (χ1v) is 28.4. The highest BCUT2D eigenvalue weighted by Gasteiger charge is 2.19. The maximum atomic E-state index is 12.8. The largest absolute Gasteiger partial charge is 0.462 e. The lowest BCUT2D eigenvalue weighted by molar-refractivity contribution is -0.167. The van der Waals surface area contributed by atoms with E-state index in [-0.39, 0.29) is 31.1 Å². The van der Waals surface area contributed by atoms with Crippen LogP contribution in [0, 0.1) is 5.92 Å². The topological polar surface area (TPSA) is 78.9 Å². The lowest BCUT2D eigenvalue weighted by atomic mass is 10.00. The summed E-state index contributed by atoms with van der Waals surface area (Å²) in [4.78, 5) is 38.0. The Bertz CT molecular complexity index is 951. The molecule has 0 radical (unpaired) electrons. The van der Waals surface area contributed by atoms with Crippen molar-refractivity contribution in [2.24, 2.45) is 5.92 Å². The molecule has 0 aliphatic carbocycles. The van der Waals surface area contributed by atoms with E-state index in [2.05, 4.69) is 27.7 Å². The molecule has 63 heavy (non-hydrogen) atoms. The molecule has 0 amide bonds. The summed E-state index contributed by atoms with van der Waals surface area (Å²) in [5.41, 5.74) is 0. The molecule has 0 heterocycles. The maximum absolute atomic E-state index is 12.8. The monoisotopic (exact) mass is 891 g/mol. The fourth-order valence-corrected chi connectivity index (χ4v) is 8.72. The zero-order valence-electron chi connectivity index (χ0n) is 43.0. The Morgan fingerprint density at radius 3 is 0.825 bits per heavy atom. The van der Waals surface area contributed by atoms with Crippen molar-refractivity contribution in [2.75, 3.05) is 13.2 Å². The molecule has 0 aromatic rings. The van der Waals surface area contributed by atoms with Crippen molar-refractivity contribution in [1.29, 1.82) is 0 Å². The summed E-state index contributed by atoms with van der Waals surface area (Å²) in [6, 6.07) is 0. The number of rotatable bonds is 52. The summed E-state index contributed by atoms with van der Waals surface area (Å²) in [5.74, 6) is -0.0271. The second-order valence-electron chi connectivity index (χ2n) is 19.8. The third-order valence-corrected chi connectivity index (χ3v) is 13.4. The Labute approximate surface area is 393 Å². The smallest absolute Gasteiger partial charge is 0.306 e. The van der Waals surface area contributed by atoms with E-state index in [9.17, 15) is 14.4 Å². The standard InChI is InChI=1S/C57H110O6/c1-5-8-10-12-14-16-18-20-22-24-26-28-30-32-34-36-42-46-50-57(60)63-54(52-62-56(59)49-45-41-38-37-39-43-47-53(4)7-3)51-61-55(58)48-44-40-35-33-31-29-27-25-23-21-19-17-15-13-11-9-6-2/h53-54H,5-52H2,1-4H3/t53?,54-/m1/s1. The second-order valence-corrected chi connectivity index (χ2v) is 19.8.